The van der Waals surface area contributed by atoms with Gasteiger partial charge in [0.25, 0.3) is 5.91 Å². The molecule has 1 amide bonds. The van der Waals surface area contributed by atoms with Crippen molar-refractivity contribution in [1.82, 2.24) is 0 Å². The van der Waals surface area contributed by atoms with Crippen molar-refractivity contribution in [3.63, 3.8) is 0 Å². The summed E-state index contributed by atoms with van der Waals surface area (Å²) in [5.74, 6) is -0.906. The average molecular weight is 670 g/mol. The summed E-state index contributed by atoms with van der Waals surface area (Å²) < 4.78 is 0. The third-order valence-corrected chi connectivity index (χ3v) is 15.9. The van der Waals surface area contributed by atoms with E-state index in [1.54, 1.807) is 12.1 Å². The number of hydrogen-bond donors (Lipinski definition) is 2. The van der Waals surface area contributed by atoms with Gasteiger partial charge in [0.15, 0.2) is 0 Å². The van der Waals surface area contributed by atoms with Crippen LogP contribution < -0.4 is 0 Å². The van der Waals surface area contributed by atoms with Crippen LogP contribution in [-0.4, -0.2) is 34.3 Å². The minimum atomic E-state index is -0.928. The Balaban J connectivity index is 1.34. The summed E-state index contributed by atoms with van der Waals surface area (Å²) in [6, 6.07) is 7.45. The van der Waals surface area contributed by atoms with Crippen molar-refractivity contribution in [2.75, 3.05) is 0 Å². The minimum absolute atomic E-state index is 0.0523. The number of allylic oxidation sites excluding steroid dienone is 3. The maximum atomic E-state index is 14.3. The third kappa shape index (κ3) is 5.15. The van der Waals surface area contributed by atoms with Crippen molar-refractivity contribution in [3.8, 4) is 0 Å². The van der Waals surface area contributed by atoms with Crippen molar-refractivity contribution < 1.29 is 24.6 Å². The van der Waals surface area contributed by atoms with Crippen LogP contribution in [0, 0.1) is 68.5 Å². The number of aliphatic carboxylic acids is 1. The standard InChI is InChI=1S/C43H59NO5/c1-25(2)29-16-21-43(38(49)44-24-30(26(3)4)37(47)48)23-22-41(8)32(35(29)43)14-15-34-40(7)19-17-31(27-10-12-28(13-11-27)36(45)46)39(5,6)33(40)18-20-42(34,41)9/h10-13,17,24,26,29-30,32-35H,1,14-16,18-23H2,2-9H3,(H,45,46)(H,47,48)/t29-,30?,32+,33?,34?,35?,40-,41+,42+,43-/m0/s1. The maximum Gasteiger partial charge on any atom is 0.335 e. The van der Waals surface area contributed by atoms with Gasteiger partial charge < -0.3 is 10.2 Å². The highest BCUT2D eigenvalue weighted by Crippen LogP contribution is 2.77. The fourth-order valence-electron chi connectivity index (χ4n) is 13.2. The van der Waals surface area contributed by atoms with Crippen LogP contribution >= 0.6 is 0 Å². The van der Waals surface area contributed by atoms with Crippen molar-refractivity contribution >= 4 is 29.6 Å². The van der Waals surface area contributed by atoms with E-state index in [1.807, 2.05) is 26.0 Å². The van der Waals surface area contributed by atoms with Gasteiger partial charge in [0.2, 0.25) is 0 Å². The number of amides is 1. The van der Waals surface area contributed by atoms with Gasteiger partial charge in [-0.3, -0.25) is 9.59 Å². The predicted octanol–water partition coefficient (Wildman–Crippen LogP) is 9.99. The highest BCUT2D eigenvalue weighted by molar-refractivity contribution is 5.97. The maximum absolute atomic E-state index is 14.3. The second-order valence-corrected chi connectivity index (χ2v) is 18.5. The van der Waals surface area contributed by atoms with E-state index in [4.69, 9.17) is 0 Å². The van der Waals surface area contributed by atoms with E-state index in [0.717, 1.165) is 63.4 Å². The van der Waals surface area contributed by atoms with Gasteiger partial charge in [0.05, 0.1) is 16.9 Å². The zero-order valence-corrected chi connectivity index (χ0v) is 31.1. The average Bonchev–Trinajstić information content (AvgIpc) is 3.42. The van der Waals surface area contributed by atoms with Crippen molar-refractivity contribution in [2.45, 2.75) is 113 Å². The van der Waals surface area contributed by atoms with E-state index in [1.165, 1.54) is 17.4 Å². The lowest BCUT2D eigenvalue weighted by molar-refractivity contribution is -0.224. The zero-order chi connectivity index (χ0) is 35.9. The molecule has 0 radical (unpaired) electrons. The van der Waals surface area contributed by atoms with E-state index >= 15 is 0 Å². The number of fused-ring (bicyclic) bond motifs is 7. The van der Waals surface area contributed by atoms with Gasteiger partial charge in [-0.05, 0) is 145 Å². The first-order valence-electron chi connectivity index (χ1n) is 18.9. The number of carbonyl (C=O) groups is 3. The Hall–Kier alpha value is -3.02. The van der Waals surface area contributed by atoms with Crippen LogP contribution in [0.5, 0.6) is 0 Å². The normalized spacial score (nSPS) is 40.0. The summed E-state index contributed by atoms with van der Waals surface area (Å²) in [7, 11) is 0. The van der Waals surface area contributed by atoms with Crippen LogP contribution in [0.25, 0.3) is 5.57 Å². The Labute approximate surface area is 293 Å². The lowest BCUT2D eigenvalue weighted by Gasteiger charge is -2.72. The fraction of sp³-hybridized carbons (Fsp3) is 0.674. The highest BCUT2D eigenvalue weighted by Gasteiger charge is 2.71. The van der Waals surface area contributed by atoms with Crippen LogP contribution in [0.4, 0.5) is 0 Å². The molecule has 1 aromatic carbocycles. The molecule has 0 saturated heterocycles. The van der Waals surface area contributed by atoms with Gasteiger partial charge in [-0.15, -0.1) is 0 Å². The molecule has 4 fully saturated rings. The molecule has 1 aromatic rings. The number of hydrogen-bond acceptors (Lipinski definition) is 3. The molecule has 266 valence electrons. The molecule has 5 aliphatic rings. The Kier molecular flexibility index (Phi) is 8.80. The Morgan fingerprint density at radius 2 is 1.55 bits per heavy atom. The molecule has 4 saturated carbocycles. The molecular weight excluding hydrogens is 610 g/mol. The van der Waals surface area contributed by atoms with Gasteiger partial charge in [0.1, 0.15) is 0 Å². The van der Waals surface area contributed by atoms with Crippen molar-refractivity contribution in [3.05, 3.63) is 53.6 Å². The third-order valence-electron chi connectivity index (χ3n) is 15.9. The first-order valence-corrected chi connectivity index (χ1v) is 18.9. The number of aliphatic imine (C=N–C) groups is 1. The second-order valence-electron chi connectivity index (χ2n) is 18.5. The summed E-state index contributed by atoms with van der Waals surface area (Å²) in [5.41, 5.74) is 3.70. The molecule has 6 heteroatoms. The van der Waals surface area contributed by atoms with E-state index < -0.39 is 23.3 Å². The summed E-state index contributed by atoms with van der Waals surface area (Å²) >= 11 is 0. The van der Waals surface area contributed by atoms with Gasteiger partial charge >= 0.3 is 11.9 Å². The lowest BCUT2D eigenvalue weighted by Crippen LogP contribution is -2.65. The molecule has 10 atom stereocenters. The molecule has 5 aliphatic carbocycles. The number of aromatic carboxylic acids is 1. The molecule has 2 N–H and O–H groups in total. The SMILES string of the molecule is C=C(C)[C@@H]1CC[C@]2(C(=O)N=CC(C(=O)O)C(C)C)CC[C@]3(C)[C@H](CCC4[C@@]5(C)CC=C(c6ccc(C(=O)O)cc6)C(C)(C)C5CC[C@]43C)C12. The molecule has 6 rings (SSSR count). The van der Waals surface area contributed by atoms with Gasteiger partial charge in [-0.2, -0.15) is 0 Å². The van der Waals surface area contributed by atoms with Crippen LogP contribution in [-0.2, 0) is 9.59 Å². The molecule has 49 heavy (non-hydrogen) atoms. The van der Waals surface area contributed by atoms with Crippen LogP contribution in [0.1, 0.15) is 129 Å². The quantitative estimate of drug-likeness (QED) is 0.222. The molecular formula is C43H59NO5. The highest BCUT2D eigenvalue weighted by atomic mass is 16.4. The van der Waals surface area contributed by atoms with Gasteiger partial charge in [-0.25, -0.2) is 9.79 Å². The monoisotopic (exact) mass is 669 g/mol. The van der Waals surface area contributed by atoms with Crippen molar-refractivity contribution in [2.24, 2.45) is 73.5 Å². The van der Waals surface area contributed by atoms with Gasteiger partial charge in [0, 0.05) is 6.21 Å². The van der Waals surface area contributed by atoms with E-state index in [-0.39, 0.29) is 45.3 Å². The summed E-state index contributed by atoms with van der Waals surface area (Å²) in [6.45, 7) is 22.9. The molecule has 0 aliphatic heterocycles. The topological polar surface area (TPSA) is 104 Å². The smallest absolute Gasteiger partial charge is 0.335 e. The zero-order valence-electron chi connectivity index (χ0n) is 31.1. The van der Waals surface area contributed by atoms with Crippen LogP contribution in [0.2, 0.25) is 0 Å². The summed E-state index contributed by atoms with van der Waals surface area (Å²) in [4.78, 5) is 42.3. The minimum Gasteiger partial charge on any atom is -0.481 e. The molecule has 0 spiro atoms. The largest absolute Gasteiger partial charge is 0.481 e. The first kappa shape index (κ1) is 35.8. The van der Waals surface area contributed by atoms with E-state index in [9.17, 15) is 24.6 Å². The predicted molar refractivity (Wildman–Crippen MR) is 195 cm³/mol. The lowest BCUT2D eigenvalue weighted by atomic mass is 9.32. The van der Waals surface area contributed by atoms with E-state index in [0.29, 0.717) is 23.3 Å². The number of rotatable bonds is 7. The number of benzene rings is 1. The Morgan fingerprint density at radius 1 is 0.878 bits per heavy atom. The number of nitrogens with zero attached hydrogens (tertiary/aromatic N) is 1. The van der Waals surface area contributed by atoms with E-state index in [2.05, 4.69) is 59.2 Å². The number of carboxylic acid groups (broad SMARTS) is 2. The fourth-order valence-corrected chi connectivity index (χ4v) is 13.2. The van der Waals surface area contributed by atoms with Crippen molar-refractivity contribution in [1.29, 1.82) is 0 Å². The van der Waals surface area contributed by atoms with Crippen LogP contribution in [0.15, 0.2) is 47.5 Å². The summed E-state index contributed by atoms with van der Waals surface area (Å²) in [5, 5.41) is 19.3. The molecule has 0 heterocycles. The molecule has 4 unspecified atom stereocenters. The number of carbonyl (C=O) groups excluding carboxylic acids is 1. The Morgan fingerprint density at radius 3 is 2.14 bits per heavy atom. The Bertz CT molecular complexity index is 1600. The van der Waals surface area contributed by atoms with Gasteiger partial charge in [-0.1, -0.05) is 78.8 Å². The molecule has 0 aromatic heterocycles. The summed E-state index contributed by atoms with van der Waals surface area (Å²) in [6.07, 6.45) is 13.1. The van der Waals surface area contributed by atoms with Crippen LogP contribution in [0.3, 0.4) is 0 Å². The second kappa shape index (κ2) is 12.0. The number of carboxylic acids is 2. The molecule has 0 bridgehead atoms. The molecule has 6 nitrogen and oxygen atoms in total. The first-order chi connectivity index (χ1) is 22.8.